The van der Waals surface area contributed by atoms with Gasteiger partial charge in [0.25, 0.3) is 0 Å². The Kier molecular flexibility index (Phi) is 2.17. The van der Waals surface area contributed by atoms with E-state index in [2.05, 4.69) is 22.2 Å². The molecule has 0 aromatic carbocycles. The summed E-state index contributed by atoms with van der Waals surface area (Å²) in [7, 11) is 0. The summed E-state index contributed by atoms with van der Waals surface area (Å²) in [6.45, 7) is 2.23. The van der Waals surface area contributed by atoms with Crippen molar-refractivity contribution >= 4 is 5.82 Å². The molecule has 0 saturated heterocycles. The molecule has 0 radical (unpaired) electrons. The Labute approximate surface area is 78.6 Å². The lowest BCUT2D eigenvalue weighted by atomic mass is 9.75. The summed E-state index contributed by atoms with van der Waals surface area (Å²) in [5.74, 6) is 0.955. The van der Waals surface area contributed by atoms with Crippen LogP contribution in [0.5, 0.6) is 0 Å². The minimum absolute atomic E-state index is 0.328. The molecular formula is C10H15N3. The molecule has 1 aromatic rings. The molecule has 1 fully saturated rings. The fraction of sp³-hybridized carbons (Fsp3) is 0.600. The fourth-order valence-electron chi connectivity index (χ4n) is 1.81. The van der Waals surface area contributed by atoms with Crippen LogP contribution in [0.3, 0.4) is 0 Å². The summed E-state index contributed by atoms with van der Waals surface area (Å²) in [5.41, 5.74) is 0.328. The number of anilines is 1. The molecular weight excluding hydrogens is 162 g/mol. The molecule has 13 heavy (non-hydrogen) atoms. The molecule has 1 aliphatic rings. The van der Waals surface area contributed by atoms with Crippen molar-refractivity contribution in [2.75, 3.05) is 5.32 Å². The van der Waals surface area contributed by atoms with Crippen molar-refractivity contribution in [3.05, 3.63) is 18.6 Å². The van der Waals surface area contributed by atoms with Crippen LogP contribution in [0.1, 0.15) is 32.6 Å². The summed E-state index contributed by atoms with van der Waals surface area (Å²) in [4.78, 5) is 8.07. The van der Waals surface area contributed by atoms with Gasteiger partial charge >= 0.3 is 0 Å². The second-order valence-electron chi connectivity index (χ2n) is 3.71. The Hall–Kier alpha value is -1.12. The van der Waals surface area contributed by atoms with E-state index in [1.807, 2.05) is 6.07 Å². The van der Waals surface area contributed by atoms with Gasteiger partial charge in [-0.2, -0.15) is 0 Å². The highest BCUT2D eigenvalue weighted by atomic mass is 15.1. The standard InChI is InChI=1S/C10H15N3/c1-2-10(5-3-6-10)13-9-4-7-11-8-12-9/h4,7-8H,2-3,5-6H2,1H3,(H,11,12,13). The van der Waals surface area contributed by atoms with Crippen molar-refractivity contribution in [2.24, 2.45) is 0 Å². The number of rotatable bonds is 3. The van der Waals surface area contributed by atoms with Gasteiger partial charge in [0.2, 0.25) is 0 Å². The quantitative estimate of drug-likeness (QED) is 0.769. The minimum Gasteiger partial charge on any atom is -0.365 e. The maximum Gasteiger partial charge on any atom is 0.129 e. The number of hydrogen-bond donors (Lipinski definition) is 1. The largest absolute Gasteiger partial charge is 0.365 e. The SMILES string of the molecule is CCC1(Nc2ccncn2)CCC1. The van der Waals surface area contributed by atoms with Gasteiger partial charge in [-0.1, -0.05) is 6.92 Å². The molecule has 0 atom stereocenters. The Balaban J connectivity index is 2.05. The summed E-state index contributed by atoms with van der Waals surface area (Å²) in [6, 6.07) is 1.93. The minimum atomic E-state index is 0.328. The smallest absolute Gasteiger partial charge is 0.129 e. The molecule has 0 spiro atoms. The first-order chi connectivity index (χ1) is 6.35. The van der Waals surface area contributed by atoms with E-state index in [-0.39, 0.29) is 0 Å². The third-order valence-corrected chi connectivity index (χ3v) is 2.96. The van der Waals surface area contributed by atoms with Crippen molar-refractivity contribution in [1.82, 2.24) is 9.97 Å². The van der Waals surface area contributed by atoms with Crippen LogP contribution in [0.4, 0.5) is 5.82 Å². The Morgan fingerprint density at radius 1 is 1.54 bits per heavy atom. The third kappa shape index (κ3) is 1.64. The second-order valence-corrected chi connectivity index (χ2v) is 3.71. The molecule has 1 aliphatic carbocycles. The first kappa shape index (κ1) is 8.48. The van der Waals surface area contributed by atoms with Crippen LogP contribution >= 0.6 is 0 Å². The molecule has 0 amide bonds. The molecule has 1 saturated carbocycles. The molecule has 0 bridgehead atoms. The lowest BCUT2D eigenvalue weighted by Crippen LogP contribution is -2.44. The molecule has 3 nitrogen and oxygen atoms in total. The first-order valence-electron chi connectivity index (χ1n) is 4.89. The van der Waals surface area contributed by atoms with Gasteiger partial charge in [-0.25, -0.2) is 9.97 Å². The number of hydrogen-bond acceptors (Lipinski definition) is 3. The molecule has 0 unspecified atom stereocenters. The Morgan fingerprint density at radius 2 is 2.38 bits per heavy atom. The lowest BCUT2D eigenvalue weighted by Gasteiger charge is -2.42. The molecule has 1 aromatic heterocycles. The molecule has 0 aliphatic heterocycles. The van der Waals surface area contributed by atoms with Crippen molar-refractivity contribution in [3.63, 3.8) is 0 Å². The predicted molar refractivity (Wildman–Crippen MR) is 52.5 cm³/mol. The predicted octanol–water partition coefficient (Wildman–Crippen LogP) is 2.22. The highest BCUT2D eigenvalue weighted by Gasteiger charge is 2.34. The summed E-state index contributed by atoms with van der Waals surface area (Å²) in [5, 5.41) is 3.49. The topological polar surface area (TPSA) is 37.8 Å². The second kappa shape index (κ2) is 3.32. The average molecular weight is 177 g/mol. The Bertz CT molecular complexity index is 261. The summed E-state index contributed by atoms with van der Waals surface area (Å²) >= 11 is 0. The van der Waals surface area contributed by atoms with Crippen LogP contribution in [0.25, 0.3) is 0 Å². The third-order valence-electron chi connectivity index (χ3n) is 2.96. The van der Waals surface area contributed by atoms with Crippen LogP contribution in [0.15, 0.2) is 18.6 Å². The van der Waals surface area contributed by atoms with Crippen LogP contribution in [-0.2, 0) is 0 Å². The van der Waals surface area contributed by atoms with Gasteiger partial charge in [0.05, 0.1) is 0 Å². The monoisotopic (exact) mass is 177 g/mol. The zero-order valence-corrected chi connectivity index (χ0v) is 7.95. The van der Waals surface area contributed by atoms with E-state index < -0.39 is 0 Å². The molecule has 70 valence electrons. The first-order valence-corrected chi connectivity index (χ1v) is 4.89. The van der Waals surface area contributed by atoms with Crippen LogP contribution in [-0.4, -0.2) is 15.5 Å². The van der Waals surface area contributed by atoms with E-state index >= 15 is 0 Å². The maximum absolute atomic E-state index is 4.17. The van der Waals surface area contributed by atoms with Crippen LogP contribution < -0.4 is 5.32 Å². The van der Waals surface area contributed by atoms with Gasteiger partial charge < -0.3 is 5.32 Å². The van der Waals surface area contributed by atoms with Gasteiger partial charge in [0, 0.05) is 11.7 Å². The van der Waals surface area contributed by atoms with Crippen molar-refractivity contribution in [1.29, 1.82) is 0 Å². The normalized spacial score (nSPS) is 19.2. The van der Waals surface area contributed by atoms with Gasteiger partial charge in [0.1, 0.15) is 12.1 Å². The summed E-state index contributed by atoms with van der Waals surface area (Å²) < 4.78 is 0. The van der Waals surface area contributed by atoms with E-state index in [9.17, 15) is 0 Å². The molecule has 1 heterocycles. The summed E-state index contributed by atoms with van der Waals surface area (Å²) in [6.07, 6.45) is 8.42. The Morgan fingerprint density at radius 3 is 2.85 bits per heavy atom. The highest BCUT2D eigenvalue weighted by molar-refractivity contribution is 5.36. The van der Waals surface area contributed by atoms with Crippen molar-refractivity contribution < 1.29 is 0 Å². The van der Waals surface area contributed by atoms with Crippen molar-refractivity contribution in [3.8, 4) is 0 Å². The number of aromatic nitrogens is 2. The van der Waals surface area contributed by atoms with Gasteiger partial charge in [-0.15, -0.1) is 0 Å². The van der Waals surface area contributed by atoms with Crippen LogP contribution in [0, 0.1) is 0 Å². The number of nitrogens with one attached hydrogen (secondary N) is 1. The van der Waals surface area contributed by atoms with Gasteiger partial charge in [-0.05, 0) is 31.7 Å². The maximum atomic E-state index is 4.17. The zero-order valence-electron chi connectivity index (χ0n) is 7.95. The van der Waals surface area contributed by atoms with E-state index in [1.165, 1.54) is 25.7 Å². The fourth-order valence-corrected chi connectivity index (χ4v) is 1.81. The van der Waals surface area contributed by atoms with E-state index in [0.717, 1.165) is 5.82 Å². The average Bonchev–Trinajstić information content (AvgIpc) is 2.13. The van der Waals surface area contributed by atoms with E-state index in [4.69, 9.17) is 0 Å². The van der Waals surface area contributed by atoms with Gasteiger partial charge in [-0.3, -0.25) is 0 Å². The highest BCUT2D eigenvalue weighted by Crippen LogP contribution is 2.37. The van der Waals surface area contributed by atoms with E-state index in [0.29, 0.717) is 5.54 Å². The number of nitrogens with zero attached hydrogens (tertiary/aromatic N) is 2. The lowest BCUT2D eigenvalue weighted by molar-refractivity contribution is 0.269. The van der Waals surface area contributed by atoms with Gasteiger partial charge in [0.15, 0.2) is 0 Å². The van der Waals surface area contributed by atoms with Crippen LogP contribution in [0.2, 0.25) is 0 Å². The zero-order chi connectivity index (χ0) is 9.15. The molecule has 3 heteroatoms. The molecule has 2 rings (SSSR count). The molecule has 1 N–H and O–H groups in total. The van der Waals surface area contributed by atoms with E-state index in [1.54, 1.807) is 12.5 Å². The van der Waals surface area contributed by atoms with Crippen molar-refractivity contribution in [2.45, 2.75) is 38.1 Å².